The summed E-state index contributed by atoms with van der Waals surface area (Å²) in [6.07, 6.45) is -0.683. The number of para-hydroxylation sites is 1. The Labute approximate surface area is 202 Å². The van der Waals surface area contributed by atoms with Gasteiger partial charge >= 0.3 is 6.09 Å². The van der Waals surface area contributed by atoms with Gasteiger partial charge < -0.3 is 20.3 Å². The van der Waals surface area contributed by atoms with Gasteiger partial charge in [0.25, 0.3) is 5.91 Å². The van der Waals surface area contributed by atoms with Crippen molar-refractivity contribution in [3.63, 3.8) is 0 Å². The molecular formula is C27H37N3O4. The van der Waals surface area contributed by atoms with Crippen LogP contribution in [0.2, 0.25) is 0 Å². The number of ether oxygens (including phenoxy) is 1. The lowest BCUT2D eigenvalue weighted by molar-refractivity contribution is -0.140. The summed E-state index contributed by atoms with van der Waals surface area (Å²) < 4.78 is 5.25. The molecule has 0 bridgehead atoms. The second kappa shape index (κ2) is 11.2. The van der Waals surface area contributed by atoms with Crippen molar-refractivity contribution in [2.75, 3.05) is 11.9 Å². The Morgan fingerprint density at radius 3 is 2.00 bits per heavy atom. The van der Waals surface area contributed by atoms with Crippen molar-refractivity contribution < 1.29 is 19.1 Å². The zero-order valence-corrected chi connectivity index (χ0v) is 21.5. The fourth-order valence-electron chi connectivity index (χ4n) is 3.85. The van der Waals surface area contributed by atoms with Crippen LogP contribution in [0.5, 0.6) is 0 Å². The van der Waals surface area contributed by atoms with Crippen molar-refractivity contribution in [3.8, 4) is 0 Å². The predicted octanol–water partition coefficient (Wildman–Crippen LogP) is 5.05. The largest absolute Gasteiger partial charge is 0.444 e. The van der Waals surface area contributed by atoms with Crippen LogP contribution in [-0.2, 0) is 14.3 Å². The second-order valence-corrected chi connectivity index (χ2v) is 9.76. The first-order valence-electron chi connectivity index (χ1n) is 11.5. The van der Waals surface area contributed by atoms with E-state index < -0.39 is 17.7 Å². The molecular weight excluding hydrogens is 430 g/mol. The summed E-state index contributed by atoms with van der Waals surface area (Å²) >= 11 is 0. The van der Waals surface area contributed by atoms with E-state index in [1.54, 1.807) is 20.8 Å². The van der Waals surface area contributed by atoms with Crippen molar-refractivity contribution in [2.45, 2.75) is 73.1 Å². The zero-order valence-electron chi connectivity index (χ0n) is 21.5. The molecule has 0 fully saturated rings. The van der Waals surface area contributed by atoms with Crippen molar-refractivity contribution in [1.82, 2.24) is 10.2 Å². The maximum absolute atomic E-state index is 13.7. The minimum atomic E-state index is -0.881. The topological polar surface area (TPSA) is 87.7 Å². The van der Waals surface area contributed by atoms with Gasteiger partial charge in [0.1, 0.15) is 18.2 Å². The molecule has 1 atom stereocenters. The maximum atomic E-state index is 13.7. The molecule has 0 radical (unpaired) electrons. The van der Waals surface area contributed by atoms with E-state index in [1.165, 1.54) is 4.90 Å². The highest BCUT2D eigenvalue weighted by molar-refractivity contribution is 5.99. The Kier molecular flexibility index (Phi) is 8.85. The molecule has 2 rings (SSSR count). The molecule has 7 heteroatoms. The van der Waals surface area contributed by atoms with E-state index >= 15 is 0 Å². The Bertz CT molecular complexity index is 1020. The fourth-order valence-corrected chi connectivity index (χ4v) is 3.85. The highest BCUT2D eigenvalue weighted by Gasteiger charge is 2.35. The van der Waals surface area contributed by atoms with Crippen LogP contribution in [0.25, 0.3) is 0 Å². The Balaban J connectivity index is 2.43. The van der Waals surface area contributed by atoms with Gasteiger partial charge in [-0.25, -0.2) is 4.79 Å². The summed E-state index contributed by atoms with van der Waals surface area (Å²) in [7, 11) is 0. The van der Waals surface area contributed by atoms with E-state index in [1.807, 2.05) is 77.1 Å². The molecule has 2 aromatic carbocycles. The van der Waals surface area contributed by atoms with Crippen molar-refractivity contribution in [1.29, 1.82) is 0 Å². The average Bonchev–Trinajstić information content (AvgIpc) is 2.71. The normalized spacial score (nSPS) is 12.1. The lowest BCUT2D eigenvalue weighted by Crippen LogP contribution is -2.49. The standard InChI is InChI=1S/C27H37N3O4/c1-17(2)30(22(31)16-28-26(33)34-27(6,7)8)24(23-19(4)13-11-14-20(23)5)25(32)29-21-15-10-9-12-18(21)3/h9-15,17,24H,16H2,1-8H3,(H,28,33)(H,29,32). The monoisotopic (exact) mass is 467 g/mol. The van der Waals surface area contributed by atoms with E-state index in [4.69, 9.17) is 4.74 Å². The number of anilines is 1. The average molecular weight is 468 g/mol. The van der Waals surface area contributed by atoms with Crippen LogP contribution in [0.15, 0.2) is 42.5 Å². The van der Waals surface area contributed by atoms with E-state index in [0.717, 1.165) is 22.3 Å². The highest BCUT2D eigenvalue weighted by atomic mass is 16.6. The number of hydrogen-bond acceptors (Lipinski definition) is 4. The number of amides is 3. The molecule has 0 saturated heterocycles. The summed E-state index contributed by atoms with van der Waals surface area (Å²) in [6, 6.07) is 12.1. The number of benzene rings is 2. The number of aryl methyl sites for hydroxylation is 3. The van der Waals surface area contributed by atoms with Gasteiger partial charge in [-0.05, 0) is 83.7 Å². The summed E-state index contributed by atoms with van der Waals surface area (Å²) in [6.45, 7) is 14.5. The molecule has 0 aliphatic carbocycles. The Morgan fingerprint density at radius 1 is 0.912 bits per heavy atom. The number of hydrogen-bond donors (Lipinski definition) is 2. The molecule has 0 aromatic heterocycles. The number of carbonyl (C=O) groups excluding carboxylic acids is 3. The first-order valence-corrected chi connectivity index (χ1v) is 11.5. The third-order valence-electron chi connectivity index (χ3n) is 5.37. The van der Waals surface area contributed by atoms with Crippen LogP contribution in [0.4, 0.5) is 10.5 Å². The molecule has 7 nitrogen and oxygen atoms in total. The minimum absolute atomic E-state index is 0.286. The highest BCUT2D eigenvalue weighted by Crippen LogP contribution is 2.31. The van der Waals surface area contributed by atoms with Crippen molar-refractivity contribution in [3.05, 3.63) is 64.7 Å². The summed E-state index contributed by atoms with van der Waals surface area (Å²) in [5.41, 5.74) is 3.51. The number of carbonyl (C=O) groups is 3. The Hall–Kier alpha value is -3.35. The molecule has 1 unspecified atom stereocenters. The van der Waals surface area contributed by atoms with Gasteiger partial charge in [0, 0.05) is 11.7 Å². The molecule has 2 aromatic rings. The van der Waals surface area contributed by atoms with Gasteiger partial charge in [-0.15, -0.1) is 0 Å². The molecule has 0 aliphatic heterocycles. The second-order valence-electron chi connectivity index (χ2n) is 9.76. The lowest BCUT2D eigenvalue weighted by atomic mass is 9.93. The molecule has 3 amide bonds. The van der Waals surface area contributed by atoms with E-state index in [9.17, 15) is 14.4 Å². The number of rotatable bonds is 7. The first-order chi connectivity index (χ1) is 15.8. The molecule has 0 heterocycles. The molecule has 34 heavy (non-hydrogen) atoms. The van der Waals surface area contributed by atoms with Crippen molar-refractivity contribution >= 4 is 23.6 Å². The molecule has 2 N–H and O–H groups in total. The molecule has 0 aliphatic rings. The van der Waals surface area contributed by atoms with E-state index in [-0.39, 0.29) is 24.4 Å². The number of nitrogens with one attached hydrogen (secondary N) is 2. The Morgan fingerprint density at radius 2 is 1.47 bits per heavy atom. The number of nitrogens with zero attached hydrogens (tertiary/aromatic N) is 1. The number of alkyl carbamates (subject to hydrolysis) is 1. The fraction of sp³-hybridized carbons (Fsp3) is 0.444. The third-order valence-corrected chi connectivity index (χ3v) is 5.37. The summed E-state index contributed by atoms with van der Waals surface area (Å²) in [5, 5.41) is 5.53. The van der Waals surface area contributed by atoms with Gasteiger partial charge in [0.05, 0.1) is 0 Å². The van der Waals surface area contributed by atoms with Crippen LogP contribution in [0, 0.1) is 20.8 Å². The molecule has 184 valence electrons. The van der Waals surface area contributed by atoms with Crippen LogP contribution < -0.4 is 10.6 Å². The predicted molar refractivity (Wildman–Crippen MR) is 135 cm³/mol. The quantitative estimate of drug-likeness (QED) is 0.596. The van der Waals surface area contributed by atoms with Gasteiger partial charge in [0.15, 0.2) is 0 Å². The third kappa shape index (κ3) is 7.07. The van der Waals surface area contributed by atoms with Gasteiger partial charge in [-0.3, -0.25) is 9.59 Å². The lowest BCUT2D eigenvalue weighted by Gasteiger charge is -2.36. The SMILES string of the molecule is Cc1ccccc1NC(=O)C(c1c(C)cccc1C)N(C(=O)CNC(=O)OC(C)(C)C)C(C)C. The van der Waals surface area contributed by atoms with Gasteiger partial charge in [-0.1, -0.05) is 36.4 Å². The molecule has 0 saturated carbocycles. The summed E-state index contributed by atoms with van der Waals surface area (Å²) in [4.78, 5) is 40.8. The maximum Gasteiger partial charge on any atom is 0.408 e. The van der Waals surface area contributed by atoms with E-state index in [2.05, 4.69) is 10.6 Å². The van der Waals surface area contributed by atoms with Crippen LogP contribution >= 0.6 is 0 Å². The van der Waals surface area contributed by atoms with Gasteiger partial charge in [0.2, 0.25) is 5.91 Å². The van der Waals surface area contributed by atoms with Crippen LogP contribution in [0.3, 0.4) is 0 Å². The first kappa shape index (κ1) is 26.9. The van der Waals surface area contributed by atoms with Crippen molar-refractivity contribution in [2.24, 2.45) is 0 Å². The van der Waals surface area contributed by atoms with Crippen LogP contribution in [-0.4, -0.2) is 41.0 Å². The zero-order chi connectivity index (χ0) is 25.6. The smallest absolute Gasteiger partial charge is 0.408 e. The van der Waals surface area contributed by atoms with Crippen LogP contribution in [0.1, 0.15) is 62.9 Å². The minimum Gasteiger partial charge on any atom is -0.444 e. The molecule has 0 spiro atoms. The summed E-state index contributed by atoms with van der Waals surface area (Å²) in [5.74, 6) is -0.695. The van der Waals surface area contributed by atoms with Gasteiger partial charge in [-0.2, -0.15) is 0 Å². The van der Waals surface area contributed by atoms with E-state index in [0.29, 0.717) is 5.69 Å².